The third kappa shape index (κ3) is 3.65. The van der Waals surface area contributed by atoms with Crippen molar-refractivity contribution in [3.8, 4) is 0 Å². The first-order chi connectivity index (χ1) is 8.24. The third-order valence-electron chi connectivity index (χ3n) is 2.59. The van der Waals surface area contributed by atoms with Gasteiger partial charge in [-0.1, -0.05) is 20.8 Å². The first kappa shape index (κ1) is 14.4. The SMILES string of the molecule is COC(=O)c1cc(N(C)CC(C)(C)C)ccc1N. The number of nitrogens with two attached hydrogens (primary N) is 1. The van der Waals surface area contributed by atoms with Gasteiger partial charge in [0.05, 0.1) is 12.7 Å². The van der Waals surface area contributed by atoms with Gasteiger partial charge in [-0.25, -0.2) is 4.79 Å². The molecule has 0 saturated carbocycles. The highest BCUT2D eigenvalue weighted by Crippen LogP contribution is 2.24. The molecule has 0 spiro atoms. The lowest BCUT2D eigenvalue weighted by Gasteiger charge is -2.28. The molecule has 1 aromatic rings. The van der Waals surface area contributed by atoms with E-state index in [4.69, 9.17) is 10.5 Å². The van der Waals surface area contributed by atoms with Crippen molar-refractivity contribution in [2.24, 2.45) is 5.41 Å². The summed E-state index contributed by atoms with van der Waals surface area (Å²) in [5.74, 6) is -0.404. The summed E-state index contributed by atoms with van der Waals surface area (Å²) in [6.07, 6.45) is 0. The second kappa shape index (κ2) is 5.29. The number of rotatable bonds is 3. The summed E-state index contributed by atoms with van der Waals surface area (Å²) in [5.41, 5.74) is 7.77. The zero-order valence-corrected chi connectivity index (χ0v) is 11.8. The molecule has 18 heavy (non-hydrogen) atoms. The van der Waals surface area contributed by atoms with Gasteiger partial charge in [-0.15, -0.1) is 0 Å². The molecule has 0 aromatic heterocycles. The van der Waals surface area contributed by atoms with Crippen molar-refractivity contribution in [2.75, 3.05) is 31.3 Å². The average molecular weight is 250 g/mol. The predicted octanol–water partition coefficient (Wildman–Crippen LogP) is 2.54. The Morgan fingerprint density at radius 2 is 2.00 bits per heavy atom. The molecule has 0 aliphatic carbocycles. The van der Waals surface area contributed by atoms with Crippen LogP contribution in [0.4, 0.5) is 11.4 Å². The Hall–Kier alpha value is -1.71. The van der Waals surface area contributed by atoms with E-state index >= 15 is 0 Å². The van der Waals surface area contributed by atoms with Crippen LogP contribution in [-0.4, -0.2) is 26.7 Å². The number of anilines is 2. The van der Waals surface area contributed by atoms with E-state index in [2.05, 4.69) is 25.7 Å². The third-order valence-corrected chi connectivity index (χ3v) is 2.59. The Kier molecular flexibility index (Phi) is 4.22. The van der Waals surface area contributed by atoms with Crippen molar-refractivity contribution in [3.63, 3.8) is 0 Å². The number of carbonyl (C=O) groups excluding carboxylic acids is 1. The van der Waals surface area contributed by atoms with Crippen molar-refractivity contribution in [1.29, 1.82) is 0 Å². The largest absolute Gasteiger partial charge is 0.465 e. The number of carbonyl (C=O) groups is 1. The minimum atomic E-state index is -0.404. The van der Waals surface area contributed by atoms with Crippen molar-refractivity contribution in [2.45, 2.75) is 20.8 Å². The number of esters is 1. The molecule has 1 aromatic carbocycles. The molecule has 0 aliphatic rings. The molecule has 1 rings (SSSR count). The summed E-state index contributed by atoms with van der Waals surface area (Å²) >= 11 is 0. The molecule has 100 valence electrons. The van der Waals surface area contributed by atoms with E-state index < -0.39 is 5.97 Å². The molecule has 0 atom stereocenters. The normalized spacial score (nSPS) is 11.2. The molecule has 0 saturated heterocycles. The highest BCUT2D eigenvalue weighted by atomic mass is 16.5. The topological polar surface area (TPSA) is 55.6 Å². The van der Waals surface area contributed by atoms with Crippen molar-refractivity contribution < 1.29 is 9.53 Å². The maximum absolute atomic E-state index is 11.6. The van der Waals surface area contributed by atoms with Crippen LogP contribution in [0.15, 0.2) is 18.2 Å². The molecule has 0 fully saturated rings. The molecule has 4 nitrogen and oxygen atoms in total. The maximum atomic E-state index is 11.6. The molecule has 0 bridgehead atoms. The van der Waals surface area contributed by atoms with Crippen LogP contribution in [0.5, 0.6) is 0 Å². The highest BCUT2D eigenvalue weighted by molar-refractivity contribution is 5.96. The maximum Gasteiger partial charge on any atom is 0.340 e. The van der Waals surface area contributed by atoms with E-state index in [-0.39, 0.29) is 5.41 Å². The van der Waals surface area contributed by atoms with Gasteiger partial charge in [-0.05, 0) is 23.6 Å². The van der Waals surface area contributed by atoms with E-state index in [1.165, 1.54) is 7.11 Å². The number of hydrogen-bond donors (Lipinski definition) is 1. The molecular weight excluding hydrogens is 228 g/mol. The lowest BCUT2D eigenvalue weighted by atomic mass is 9.96. The number of nitrogen functional groups attached to an aromatic ring is 1. The van der Waals surface area contributed by atoms with Gasteiger partial charge in [0.1, 0.15) is 0 Å². The molecule has 0 amide bonds. The fourth-order valence-corrected chi connectivity index (χ4v) is 1.87. The standard InChI is InChI=1S/C14H22N2O2/c1-14(2,3)9-16(4)10-6-7-12(15)11(8-10)13(17)18-5/h6-8H,9,15H2,1-5H3. The fraction of sp³-hybridized carbons (Fsp3) is 0.500. The molecule has 0 radical (unpaired) electrons. The number of ether oxygens (including phenoxy) is 1. The predicted molar refractivity (Wildman–Crippen MR) is 74.9 cm³/mol. The van der Waals surface area contributed by atoms with Crippen LogP contribution >= 0.6 is 0 Å². The van der Waals surface area contributed by atoms with Gasteiger partial charge in [-0.2, -0.15) is 0 Å². The first-order valence-electron chi connectivity index (χ1n) is 5.93. The lowest BCUT2D eigenvalue weighted by Crippen LogP contribution is -2.29. The van der Waals surface area contributed by atoms with Gasteiger partial charge in [0.2, 0.25) is 0 Å². The average Bonchev–Trinajstić information content (AvgIpc) is 2.26. The minimum absolute atomic E-state index is 0.182. The number of hydrogen-bond acceptors (Lipinski definition) is 4. The van der Waals surface area contributed by atoms with Gasteiger partial charge in [-0.3, -0.25) is 0 Å². The number of methoxy groups -OCH3 is 1. The van der Waals surface area contributed by atoms with Crippen LogP contribution in [0, 0.1) is 5.41 Å². The van der Waals surface area contributed by atoms with Gasteiger partial charge in [0.15, 0.2) is 0 Å². The Bertz CT molecular complexity index is 436. The summed E-state index contributed by atoms with van der Waals surface area (Å²) in [6, 6.07) is 5.42. The molecule has 0 unspecified atom stereocenters. The first-order valence-corrected chi connectivity index (χ1v) is 5.93. The van der Waals surface area contributed by atoms with E-state index in [1.807, 2.05) is 13.1 Å². The quantitative estimate of drug-likeness (QED) is 0.661. The van der Waals surface area contributed by atoms with E-state index in [1.54, 1.807) is 12.1 Å². The second-order valence-corrected chi connectivity index (χ2v) is 5.68. The Labute approximate surface area is 109 Å². The van der Waals surface area contributed by atoms with Crippen LogP contribution in [-0.2, 0) is 4.74 Å². The second-order valence-electron chi connectivity index (χ2n) is 5.68. The lowest BCUT2D eigenvalue weighted by molar-refractivity contribution is 0.0602. The minimum Gasteiger partial charge on any atom is -0.465 e. The molecule has 0 aliphatic heterocycles. The summed E-state index contributed by atoms with van der Waals surface area (Å²) in [6.45, 7) is 7.39. The highest BCUT2D eigenvalue weighted by Gasteiger charge is 2.16. The van der Waals surface area contributed by atoms with Crippen LogP contribution in [0.25, 0.3) is 0 Å². The van der Waals surface area contributed by atoms with Gasteiger partial charge in [0, 0.05) is 25.0 Å². The van der Waals surface area contributed by atoms with E-state index in [0.717, 1.165) is 12.2 Å². The molecular formula is C14H22N2O2. The summed E-state index contributed by atoms with van der Waals surface area (Å²) in [5, 5.41) is 0. The molecule has 0 heterocycles. The summed E-state index contributed by atoms with van der Waals surface area (Å²) < 4.78 is 4.72. The van der Waals surface area contributed by atoms with E-state index in [9.17, 15) is 4.79 Å². The van der Waals surface area contributed by atoms with Crippen LogP contribution in [0.1, 0.15) is 31.1 Å². The smallest absolute Gasteiger partial charge is 0.340 e. The molecule has 2 N–H and O–H groups in total. The molecule has 4 heteroatoms. The Balaban J connectivity index is 3.01. The van der Waals surface area contributed by atoms with Gasteiger partial charge < -0.3 is 15.4 Å². The number of nitrogens with zero attached hydrogens (tertiary/aromatic N) is 1. The number of benzene rings is 1. The van der Waals surface area contributed by atoms with E-state index in [0.29, 0.717) is 11.3 Å². The van der Waals surface area contributed by atoms with Crippen LogP contribution in [0.3, 0.4) is 0 Å². The van der Waals surface area contributed by atoms with Crippen LogP contribution in [0.2, 0.25) is 0 Å². The zero-order chi connectivity index (χ0) is 13.9. The van der Waals surface area contributed by atoms with Gasteiger partial charge >= 0.3 is 5.97 Å². The van der Waals surface area contributed by atoms with Crippen molar-refractivity contribution in [1.82, 2.24) is 0 Å². The Morgan fingerprint density at radius 1 is 1.39 bits per heavy atom. The zero-order valence-electron chi connectivity index (χ0n) is 11.8. The summed E-state index contributed by atoms with van der Waals surface area (Å²) in [4.78, 5) is 13.7. The fourth-order valence-electron chi connectivity index (χ4n) is 1.87. The van der Waals surface area contributed by atoms with Crippen molar-refractivity contribution in [3.05, 3.63) is 23.8 Å². The monoisotopic (exact) mass is 250 g/mol. The Morgan fingerprint density at radius 3 is 2.50 bits per heavy atom. The summed E-state index contributed by atoms with van der Waals surface area (Å²) in [7, 11) is 3.35. The van der Waals surface area contributed by atoms with Crippen LogP contribution < -0.4 is 10.6 Å². The van der Waals surface area contributed by atoms with Crippen molar-refractivity contribution >= 4 is 17.3 Å². The van der Waals surface area contributed by atoms with Gasteiger partial charge in [0.25, 0.3) is 0 Å².